The van der Waals surface area contributed by atoms with Crippen LogP contribution in [0.3, 0.4) is 0 Å². The second-order valence-corrected chi connectivity index (χ2v) is 13.2. The molecule has 0 bridgehead atoms. The molecular weight excluding hydrogens is 940 g/mol. The zero-order valence-electron chi connectivity index (χ0n) is 25.3. The molecule has 0 aliphatic carbocycles. The zero-order valence-corrected chi connectivity index (χ0v) is 28.4. The van der Waals surface area contributed by atoms with Gasteiger partial charge in [0.1, 0.15) is 40.0 Å². The van der Waals surface area contributed by atoms with Gasteiger partial charge < -0.3 is 0 Å². The van der Waals surface area contributed by atoms with Crippen LogP contribution in [0.1, 0.15) is 11.5 Å². The third-order valence-corrected chi connectivity index (χ3v) is 9.92. The Kier molecular flexibility index (Phi) is 15.8. The van der Waals surface area contributed by atoms with Crippen LogP contribution in [0.2, 0.25) is 0 Å². The lowest BCUT2D eigenvalue weighted by atomic mass is 9.35. The van der Waals surface area contributed by atoms with Gasteiger partial charge in [-0.1, -0.05) is 31.9 Å². The van der Waals surface area contributed by atoms with Crippen molar-refractivity contribution >= 4 is 31.9 Å². The number of hydrogen-bond donors (Lipinski definition) is 0. The first-order valence-electron chi connectivity index (χ1n) is 13.8. The minimum atomic E-state index is -7.48. The smallest absolute Gasteiger partial charge is 0.250 e. The van der Waals surface area contributed by atoms with Gasteiger partial charge in [0.2, 0.25) is 0 Å². The standard InChI is InChI=1S/C27H21Br2F24/c28-11-1-10(2-12(29)3-11)19(13(4-30)22(36,37)38)21(17(8-34)26(48,49)50,18(9-35)27(51,52)53)20(14(5-31)23(39,40)41,15(6-32)24(42,43)44)16(7-33)25(45,46)47/h1-2,13-19H,4-9H2. The van der Waals surface area contributed by atoms with Gasteiger partial charge in [0.05, 0.1) is 35.5 Å². The van der Waals surface area contributed by atoms with Crippen LogP contribution in [-0.2, 0) is 0 Å². The van der Waals surface area contributed by atoms with E-state index in [1.54, 1.807) is 0 Å². The summed E-state index contributed by atoms with van der Waals surface area (Å²) >= 11 is 4.71. The summed E-state index contributed by atoms with van der Waals surface area (Å²) in [7, 11) is 0. The molecule has 0 aliphatic rings. The molecule has 1 rings (SSSR count). The second-order valence-electron chi connectivity index (χ2n) is 11.5. The van der Waals surface area contributed by atoms with Gasteiger partial charge in [-0.05, 0) is 17.7 Å². The number of halogens is 26. The largest absolute Gasteiger partial charge is 0.394 e. The fraction of sp³-hybridized carbons (Fsp3) is 0.778. The molecule has 311 valence electrons. The van der Waals surface area contributed by atoms with Gasteiger partial charge >= 0.3 is 37.1 Å². The van der Waals surface area contributed by atoms with Crippen molar-refractivity contribution in [2.24, 2.45) is 46.3 Å². The fourth-order valence-corrected chi connectivity index (χ4v) is 8.74. The van der Waals surface area contributed by atoms with Gasteiger partial charge in [-0.3, -0.25) is 26.3 Å². The van der Waals surface area contributed by atoms with E-state index in [1.807, 2.05) is 6.07 Å². The molecule has 0 nitrogen and oxygen atoms in total. The molecule has 0 aromatic heterocycles. The van der Waals surface area contributed by atoms with Crippen molar-refractivity contribution in [3.8, 4) is 0 Å². The minimum absolute atomic E-state index is 0.255. The molecule has 7 unspecified atom stereocenters. The van der Waals surface area contributed by atoms with Gasteiger partial charge in [-0.25, -0.2) is 0 Å². The third kappa shape index (κ3) is 9.55. The highest BCUT2D eigenvalue weighted by Gasteiger charge is 2.86. The molecular formula is C27H21Br2F24. The van der Waals surface area contributed by atoms with E-state index in [0.717, 1.165) is 0 Å². The first-order chi connectivity index (χ1) is 23.7. The van der Waals surface area contributed by atoms with Crippen LogP contribution >= 0.6 is 31.9 Å². The van der Waals surface area contributed by atoms with E-state index in [2.05, 4.69) is 31.9 Å². The lowest BCUT2D eigenvalue weighted by Crippen LogP contribution is -2.75. The van der Waals surface area contributed by atoms with E-state index in [4.69, 9.17) is 0 Å². The molecule has 1 aromatic carbocycles. The second kappa shape index (κ2) is 16.9. The molecule has 7 atom stereocenters. The van der Waals surface area contributed by atoms with Gasteiger partial charge in [-0.2, -0.15) is 79.0 Å². The van der Waals surface area contributed by atoms with Crippen LogP contribution < -0.4 is 0 Å². The summed E-state index contributed by atoms with van der Waals surface area (Å²) in [5.41, 5.74) is -16.3. The van der Waals surface area contributed by atoms with E-state index in [1.165, 1.54) is 0 Å². The molecule has 0 saturated heterocycles. The van der Waals surface area contributed by atoms with E-state index < -0.39 is 144 Å². The van der Waals surface area contributed by atoms with Gasteiger partial charge in [0, 0.05) is 31.8 Å². The molecule has 0 spiro atoms. The van der Waals surface area contributed by atoms with Gasteiger partial charge in [-0.15, -0.1) is 0 Å². The quantitative estimate of drug-likeness (QED) is 0.154. The Hall–Kier alpha value is -1.50. The molecule has 1 aromatic rings. The molecule has 53 heavy (non-hydrogen) atoms. The Morgan fingerprint density at radius 3 is 0.830 bits per heavy atom. The van der Waals surface area contributed by atoms with Crippen molar-refractivity contribution in [2.75, 3.05) is 40.0 Å². The lowest BCUT2D eigenvalue weighted by Gasteiger charge is -2.67. The van der Waals surface area contributed by atoms with E-state index in [9.17, 15) is 70.2 Å². The maximum absolute atomic E-state index is 15.1. The maximum atomic E-state index is 15.1. The lowest BCUT2D eigenvalue weighted by molar-refractivity contribution is -0.403. The summed E-state index contributed by atoms with van der Waals surface area (Å²) in [6.07, 6.45) is -44.2. The molecule has 1 radical (unpaired) electrons. The summed E-state index contributed by atoms with van der Waals surface area (Å²) in [6.45, 7) is -24.2. The molecule has 0 amide bonds. The summed E-state index contributed by atoms with van der Waals surface area (Å²) in [4.78, 5) is 0. The predicted molar refractivity (Wildman–Crippen MR) is 141 cm³/mol. The first kappa shape index (κ1) is 49.5. The summed E-state index contributed by atoms with van der Waals surface area (Å²) in [5, 5.41) is 0. The first-order valence-corrected chi connectivity index (χ1v) is 15.4. The number of benzene rings is 1. The number of rotatable bonds is 15. The Morgan fingerprint density at radius 1 is 0.396 bits per heavy atom. The molecule has 0 aliphatic heterocycles. The number of hydrogen-bond acceptors (Lipinski definition) is 0. The van der Waals surface area contributed by atoms with Crippen molar-refractivity contribution in [3.05, 3.63) is 32.7 Å². The Bertz CT molecular complexity index is 1210. The monoisotopic (exact) mass is 959 g/mol. The highest BCUT2D eigenvalue weighted by Crippen LogP contribution is 2.78. The summed E-state index contributed by atoms with van der Waals surface area (Å²) in [5.74, 6) is -39.6. The predicted octanol–water partition coefficient (Wildman–Crippen LogP) is 13.0. The van der Waals surface area contributed by atoms with Crippen LogP contribution in [0, 0.1) is 52.4 Å². The van der Waals surface area contributed by atoms with Crippen LogP contribution in [0.5, 0.6) is 0 Å². The van der Waals surface area contributed by atoms with Crippen molar-refractivity contribution in [2.45, 2.75) is 43.0 Å². The fourth-order valence-electron chi connectivity index (χ4n) is 7.52. The zero-order chi connectivity index (χ0) is 42.1. The van der Waals surface area contributed by atoms with Crippen LogP contribution in [-0.4, -0.2) is 77.1 Å². The van der Waals surface area contributed by atoms with Gasteiger partial charge in [0.15, 0.2) is 0 Å². The van der Waals surface area contributed by atoms with Gasteiger partial charge in [0.25, 0.3) is 0 Å². The maximum Gasteiger partial charge on any atom is 0.394 e. The van der Waals surface area contributed by atoms with Crippen LogP contribution in [0.25, 0.3) is 0 Å². The highest BCUT2D eigenvalue weighted by atomic mass is 79.9. The Labute approximate surface area is 299 Å². The van der Waals surface area contributed by atoms with Crippen molar-refractivity contribution < 1.29 is 105 Å². The highest BCUT2D eigenvalue weighted by molar-refractivity contribution is 9.11. The normalized spacial score (nSPS) is 20.5. The molecule has 0 heterocycles. The third-order valence-electron chi connectivity index (χ3n) is 9.07. The van der Waals surface area contributed by atoms with Crippen molar-refractivity contribution in [1.82, 2.24) is 0 Å². The summed E-state index contributed by atoms with van der Waals surface area (Å²) < 4.78 is 356. The van der Waals surface area contributed by atoms with Crippen molar-refractivity contribution in [3.63, 3.8) is 0 Å². The van der Waals surface area contributed by atoms with Crippen molar-refractivity contribution in [1.29, 1.82) is 0 Å². The number of alkyl halides is 24. The average molecular weight is 961 g/mol. The van der Waals surface area contributed by atoms with E-state index >= 15 is 35.1 Å². The SMILES string of the molecule is FCC(C(c1cc(Br)[c]c(Br)c1)C(C(CF)C(F)(F)F)(C(CF)C(F)(F)F)C(C(CF)C(F)(F)F)(C(CF)C(F)(F)F)C(CF)C(F)(F)F)C(F)(F)F. The molecule has 0 saturated carbocycles. The topological polar surface area (TPSA) is 0 Å². The minimum Gasteiger partial charge on any atom is -0.250 e. The summed E-state index contributed by atoms with van der Waals surface area (Å²) in [6, 6.07) is 1.41. The van der Waals surface area contributed by atoms with Crippen LogP contribution in [0.15, 0.2) is 21.1 Å². The molecule has 0 N–H and O–H groups in total. The Morgan fingerprint density at radius 2 is 0.642 bits per heavy atom. The molecule has 0 fully saturated rings. The Balaban J connectivity index is 5.81. The van der Waals surface area contributed by atoms with E-state index in [0.29, 0.717) is 0 Å². The van der Waals surface area contributed by atoms with Crippen LogP contribution in [0.4, 0.5) is 105 Å². The molecule has 26 heteroatoms. The van der Waals surface area contributed by atoms with E-state index in [-0.39, 0.29) is 12.1 Å². The average Bonchev–Trinajstić information content (AvgIpc) is 2.91.